The van der Waals surface area contributed by atoms with Gasteiger partial charge in [-0.2, -0.15) is 0 Å². The van der Waals surface area contributed by atoms with Crippen molar-refractivity contribution in [1.29, 1.82) is 0 Å². The van der Waals surface area contributed by atoms with Crippen LogP contribution in [0.1, 0.15) is 32.6 Å². The first-order valence-corrected chi connectivity index (χ1v) is 5.04. The van der Waals surface area contributed by atoms with Crippen LogP contribution in [-0.2, 0) is 0 Å². The zero-order chi connectivity index (χ0) is 8.72. The molecule has 5 atom stereocenters. The quantitative estimate of drug-likeness (QED) is 0.573. The van der Waals surface area contributed by atoms with E-state index in [1.807, 2.05) is 0 Å². The van der Waals surface area contributed by atoms with Crippen molar-refractivity contribution in [3.05, 3.63) is 0 Å². The fourth-order valence-corrected chi connectivity index (χ4v) is 2.93. The average molecular weight is 170 g/mol. The van der Waals surface area contributed by atoms with Crippen molar-refractivity contribution in [2.24, 2.45) is 17.8 Å². The predicted molar refractivity (Wildman–Crippen MR) is 46.6 cm³/mol. The molecule has 0 spiro atoms. The van der Waals surface area contributed by atoms with Crippen molar-refractivity contribution in [2.45, 2.75) is 44.8 Å². The third-order valence-electron chi connectivity index (χ3n) is 3.72. The maximum absolute atomic E-state index is 9.79. The highest BCUT2D eigenvalue weighted by atomic mass is 16.3. The first-order valence-electron chi connectivity index (χ1n) is 5.04. The van der Waals surface area contributed by atoms with Crippen LogP contribution in [-0.4, -0.2) is 22.4 Å². The van der Waals surface area contributed by atoms with Gasteiger partial charge < -0.3 is 10.2 Å². The summed E-state index contributed by atoms with van der Waals surface area (Å²) >= 11 is 0. The molecule has 12 heavy (non-hydrogen) atoms. The Kier molecular flexibility index (Phi) is 2.13. The standard InChI is InChI=1S/C10H18O2/c1-6-4-8-5-7(10(6)12)2-3-9(8)11/h6-12H,2-5H2,1H3. The molecule has 2 aliphatic carbocycles. The number of hydrogen-bond acceptors (Lipinski definition) is 2. The topological polar surface area (TPSA) is 40.5 Å². The SMILES string of the molecule is CC1CC2CC(CCC2O)C1O. The molecule has 0 aromatic carbocycles. The summed E-state index contributed by atoms with van der Waals surface area (Å²) in [4.78, 5) is 0. The summed E-state index contributed by atoms with van der Waals surface area (Å²) in [7, 11) is 0. The van der Waals surface area contributed by atoms with E-state index >= 15 is 0 Å². The van der Waals surface area contributed by atoms with Gasteiger partial charge in [-0.05, 0) is 43.4 Å². The summed E-state index contributed by atoms with van der Waals surface area (Å²) in [5, 5.41) is 19.4. The van der Waals surface area contributed by atoms with Crippen LogP contribution < -0.4 is 0 Å². The van der Waals surface area contributed by atoms with Crippen LogP contribution in [0.15, 0.2) is 0 Å². The molecule has 2 fully saturated rings. The van der Waals surface area contributed by atoms with Crippen LogP contribution in [0.4, 0.5) is 0 Å². The molecular formula is C10H18O2. The van der Waals surface area contributed by atoms with Gasteiger partial charge in [0.25, 0.3) is 0 Å². The molecule has 2 rings (SSSR count). The Balaban J connectivity index is 2.08. The second-order valence-corrected chi connectivity index (χ2v) is 4.60. The molecule has 0 radical (unpaired) electrons. The zero-order valence-electron chi connectivity index (χ0n) is 7.61. The number of rotatable bonds is 0. The highest BCUT2D eigenvalue weighted by Crippen LogP contribution is 2.42. The smallest absolute Gasteiger partial charge is 0.0594 e. The molecule has 2 nitrogen and oxygen atoms in total. The summed E-state index contributed by atoms with van der Waals surface area (Å²) in [6.07, 6.45) is 3.79. The molecule has 2 saturated carbocycles. The molecule has 70 valence electrons. The fraction of sp³-hybridized carbons (Fsp3) is 1.00. The maximum atomic E-state index is 9.79. The predicted octanol–water partition coefficient (Wildman–Crippen LogP) is 1.16. The van der Waals surface area contributed by atoms with Crippen molar-refractivity contribution < 1.29 is 10.2 Å². The molecule has 0 aliphatic heterocycles. The van der Waals surface area contributed by atoms with Crippen molar-refractivity contribution in [2.75, 3.05) is 0 Å². The molecule has 0 aromatic heterocycles. The van der Waals surface area contributed by atoms with Gasteiger partial charge in [-0.3, -0.25) is 0 Å². The van der Waals surface area contributed by atoms with Gasteiger partial charge in [-0.15, -0.1) is 0 Å². The van der Waals surface area contributed by atoms with Gasteiger partial charge in [0.1, 0.15) is 0 Å². The van der Waals surface area contributed by atoms with Gasteiger partial charge in [-0.1, -0.05) is 6.92 Å². The van der Waals surface area contributed by atoms with E-state index < -0.39 is 0 Å². The van der Waals surface area contributed by atoms with Crippen LogP contribution in [0, 0.1) is 17.8 Å². The number of hydrogen-bond donors (Lipinski definition) is 2. The van der Waals surface area contributed by atoms with E-state index in [0.717, 1.165) is 25.7 Å². The van der Waals surface area contributed by atoms with E-state index in [0.29, 0.717) is 17.8 Å². The second-order valence-electron chi connectivity index (χ2n) is 4.60. The monoisotopic (exact) mass is 170 g/mol. The van der Waals surface area contributed by atoms with E-state index in [1.165, 1.54) is 0 Å². The van der Waals surface area contributed by atoms with Gasteiger partial charge in [0.2, 0.25) is 0 Å². The Bertz CT molecular complexity index is 167. The summed E-state index contributed by atoms with van der Waals surface area (Å²) < 4.78 is 0. The van der Waals surface area contributed by atoms with E-state index in [4.69, 9.17) is 0 Å². The largest absolute Gasteiger partial charge is 0.393 e. The maximum Gasteiger partial charge on any atom is 0.0594 e. The van der Waals surface area contributed by atoms with E-state index in [-0.39, 0.29) is 12.2 Å². The summed E-state index contributed by atoms with van der Waals surface area (Å²) in [6.45, 7) is 2.10. The lowest BCUT2D eigenvalue weighted by molar-refractivity contribution is -0.0664. The van der Waals surface area contributed by atoms with Gasteiger partial charge >= 0.3 is 0 Å². The molecule has 0 heterocycles. The Morgan fingerprint density at radius 2 is 1.75 bits per heavy atom. The molecule has 2 heteroatoms. The highest BCUT2D eigenvalue weighted by molar-refractivity contribution is 4.91. The van der Waals surface area contributed by atoms with E-state index in [2.05, 4.69) is 6.92 Å². The lowest BCUT2D eigenvalue weighted by Gasteiger charge is -2.44. The third-order valence-corrected chi connectivity index (χ3v) is 3.72. The normalized spacial score (nSPS) is 53.8. The lowest BCUT2D eigenvalue weighted by atomic mass is 9.66. The van der Waals surface area contributed by atoms with Gasteiger partial charge in [0.05, 0.1) is 12.2 Å². The highest BCUT2D eigenvalue weighted by Gasteiger charge is 2.40. The Morgan fingerprint density at radius 1 is 1.00 bits per heavy atom. The molecule has 5 unspecified atom stereocenters. The number of aliphatic hydroxyl groups excluding tert-OH is 2. The number of aliphatic hydroxyl groups is 2. The van der Waals surface area contributed by atoms with Crippen LogP contribution in [0.2, 0.25) is 0 Å². The molecule has 0 aromatic rings. The number of fused-ring (bicyclic) bond motifs is 2. The Labute approximate surface area is 73.6 Å². The lowest BCUT2D eigenvalue weighted by Crippen LogP contribution is -2.43. The van der Waals surface area contributed by atoms with Crippen LogP contribution in [0.25, 0.3) is 0 Å². The third kappa shape index (κ3) is 1.27. The second kappa shape index (κ2) is 3.00. The Morgan fingerprint density at radius 3 is 2.50 bits per heavy atom. The van der Waals surface area contributed by atoms with Crippen molar-refractivity contribution >= 4 is 0 Å². The van der Waals surface area contributed by atoms with Crippen molar-refractivity contribution in [3.63, 3.8) is 0 Å². The first kappa shape index (κ1) is 8.52. The molecule has 2 aliphatic rings. The average Bonchev–Trinajstić information content (AvgIpc) is 2.06. The molecule has 2 N–H and O–H groups in total. The van der Waals surface area contributed by atoms with Gasteiger partial charge in [0.15, 0.2) is 0 Å². The van der Waals surface area contributed by atoms with Crippen molar-refractivity contribution in [3.8, 4) is 0 Å². The van der Waals surface area contributed by atoms with Crippen LogP contribution in [0.3, 0.4) is 0 Å². The fourth-order valence-electron chi connectivity index (χ4n) is 2.93. The minimum atomic E-state index is -0.103. The summed E-state index contributed by atoms with van der Waals surface area (Å²) in [6, 6.07) is 0. The molecule has 0 saturated heterocycles. The first-order chi connectivity index (χ1) is 5.68. The molecule has 2 bridgehead atoms. The zero-order valence-corrected chi connectivity index (χ0v) is 7.61. The molecular weight excluding hydrogens is 152 g/mol. The van der Waals surface area contributed by atoms with Crippen LogP contribution in [0.5, 0.6) is 0 Å². The van der Waals surface area contributed by atoms with E-state index in [1.54, 1.807) is 0 Å². The van der Waals surface area contributed by atoms with Gasteiger partial charge in [-0.25, -0.2) is 0 Å². The Hall–Kier alpha value is -0.0800. The van der Waals surface area contributed by atoms with Crippen LogP contribution >= 0.6 is 0 Å². The van der Waals surface area contributed by atoms with E-state index in [9.17, 15) is 10.2 Å². The van der Waals surface area contributed by atoms with Gasteiger partial charge in [0, 0.05) is 0 Å². The van der Waals surface area contributed by atoms with Crippen molar-refractivity contribution in [1.82, 2.24) is 0 Å². The molecule has 0 amide bonds. The minimum absolute atomic E-state index is 0.0869. The minimum Gasteiger partial charge on any atom is -0.393 e. The summed E-state index contributed by atoms with van der Waals surface area (Å²) in [5.74, 6) is 1.34. The summed E-state index contributed by atoms with van der Waals surface area (Å²) in [5.41, 5.74) is 0.